The first kappa shape index (κ1) is 14.9. The van der Waals surface area contributed by atoms with Gasteiger partial charge in [-0.3, -0.25) is 0 Å². The van der Waals surface area contributed by atoms with Gasteiger partial charge < -0.3 is 9.88 Å². The Hall–Kier alpha value is -2.20. The lowest BCUT2D eigenvalue weighted by Crippen LogP contribution is -2.59. The number of benzene rings is 1. The summed E-state index contributed by atoms with van der Waals surface area (Å²) < 4.78 is 2.63. The second-order valence-electron chi connectivity index (χ2n) is 8.60. The summed E-state index contributed by atoms with van der Waals surface area (Å²) in [6.45, 7) is 2.43. The van der Waals surface area contributed by atoms with Crippen LogP contribution in [0.4, 0.5) is 0 Å². The van der Waals surface area contributed by atoms with Crippen molar-refractivity contribution in [3.05, 3.63) is 48.2 Å². The zero-order valence-electron chi connectivity index (χ0n) is 15.0. The Kier molecular flexibility index (Phi) is 3.10. The molecule has 1 spiro atoms. The van der Waals surface area contributed by atoms with Crippen LogP contribution >= 0.6 is 0 Å². The molecule has 3 heterocycles. The number of fused-ring (bicyclic) bond motifs is 1. The quantitative estimate of drug-likeness (QED) is 0.771. The monoisotopic (exact) mass is 344 g/mol. The Labute approximate surface area is 153 Å². The number of nitrogens with zero attached hydrogens (tertiary/aromatic N) is 3. The highest BCUT2D eigenvalue weighted by atomic mass is 15.1. The molecule has 132 valence electrons. The van der Waals surface area contributed by atoms with Gasteiger partial charge in [0.25, 0.3) is 0 Å². The van der Waals surface area contributed by atoms with Crippen LogP contribution in [0, 0.1) is 5.41 Å². The van der Waals surface area contributed by atoms with E-state index in [-0.39, 0.29) is 0 Å². The molecule has 0 atom stereocenters. The molecule has 1 N–H and O–H groups in total. The molecule has 4 nitrogen and oxygen atoms in total. The highest BCUT2D eigenvalue weighted by molar-refractivity contribution is 5.81. The van der Waals surface area contributed by atoms with Crippen LogP contribution in [-0.4, -0.2) is 27.9 Å². The maximum Gasteiger partial charge on any atom is 0.111 e. The van der Waals surface area contributed by atoms with Gasteiger partial charge in [0.2, 0.25) is 0 Å². The number of aromatic nitrogens is 3. The largest absolute Gasteiger partial charge is 0.340 e. The molecule has 2 aromatic heterocycles. The highest BCUT2D eigenvalue weighted by Gasteiger charge is 2.50. The molecule has 3 aromatic rings. The van der Waals surface area contributed by atoms with Gasteiger partial charge in [-0.1, -0.05) is 30.3 Å². The fourth-order valence-corrected chi connectivity index (χ4v) is 5.11. The minimum absolute atomic E-state index is 0.604. The third-order valence-corrected chi connectivity index (χ3v) is 6.91. The van der Waals surface area contributed by atoms with E-state index in [2.05, 4.69) is 56.5 Å². The Morgan fingerprint density at radius 1 is 1.00 bits per heavy atom. The second-order valence-corrected chi connectivity index (χ2v) is 8.60. The second kappa shape index (κ2) is 5.40. The van der Waals surface area contributed by atoms with Gasteiger partial charge in [0.05, 0.1) is 11.2 Å². The Balaban J connectivity index is 1.44. The number of hydrogen-bond donors (Lipinski definition) is 1. The third kappa shape index (κ3) is 2.11. The Morgan fingerprint density at radius 3 is 2.46 bits per heavy atom. The van der Waals surface area contributed by atoms with E-state index in [1.807, 2.05) is 6.07 Å². The van der Waals surface area contributed by atoms with E-state index >= 15 is 0 Å². The van der Waals surface area contributed by atoms with E-state index in [0.717, 1.165) is 16.8 Å². The molecule has 4 heteroatoms. The summed E-state index contributed by atoms with van der Waals surface area (Å²) in [5.74, 6) is 0.701. The van der Waals surface area contributed by atoms with Gasteiger partial charge in [0, 0.05) is 36.3 Å². The molecule has 2 aliphatic carbocycles. The van der Waals surface area contributed by atoms with Crippen LogP contribution in [0.15, 0.2) is 42.5 Å². The summed E-state index contributed by atoms with van der Waals surface area (Å²) in [4.78, 5) is 0. The number of hydrogen-bond acceptors (Lipinski definition) is 3. The van der Waals surface area contributed by atoms with Crippen molar-refractivity contribution in [3.63, 3.8) is 0 Å². The average molecular weight is 344 g/mol. The van der Waals surface area contributed by atoms with Gasteiger partial charge in [-0.25, -0.2) is 0 Å². The third-order valence-electron chi connectivity index (χ3n) is 6.91. The molecular weight excluding hydrogens is 320 g/mol. The molecule has 0 bridgehead atoms. The SMILES string of the molecule is c1ccc(-c2cc3c(cc(C4CC5(CNC5)C4)n3C3CCC3)nn2)cc1. The van der Waals surface area contributed by atoms with E-state index in [4.69, 9.17) is 0 Å². The smallest absolute Gasteiger partial charge is 0.111 e. The van der Waals surface area contributed by atoms with Crippen molar-refractivity contribution in [1.82, 2.24) is 20.1 Å². The zero-order valence-corrected chi connectivity index (χ0v) is 15.0. The van der Waals surface area contributed by atoms with Crippen LogP contribution in [0.1, 0.15) is 49.8 Å². The fraction of sp³-hybridized carbons (Fsp3) is 0.455. The molecule has 1 saturated heterocycles. The van der Waals surface area contributed by atoms with Crippen molar-refractivity contribution in [1.29, 1.82) is 0 Å². The lowest BCUT2D eigenvalue weighted by Gasteiger charge is -2.55. The van der Waals surface area contributed by atoms with Crippen LogP contribution in [0.5, 0.6) is 0 Å². The summed E-state index contributed by atoms with van der Waals surface area (Å²) in [7, 11) is 0. The lowest BCUT2D eigenvalue weighted by molar-refractivity contribution is 0.0324. The van der Waals surface area contributed by atoms with Crippen molar-refractivity contribution in [2.75, 3.05) is 13.1 Å². The van der Waals surface area contributed by atoms with Crippen LogP contribution < -0.4 is 5.32 Å². The van der Waals surface area contributed by atoms with E-state index < -0.39 is 0 Å². The molecule has 2 saturated carbocycles. The van der Waals surface area contributed by atoms with Gasteiger partial charge in [0.15, 0.2) is 0 Å². The van der Waals surface area contributed by atoms with Gasteiger partial charge in [-0.05, 0) is 49.7 Å². The van der Waals surface area contributed by atoms with Crippen LogP contribution in [0.2, 0.25) is 0 Å². The van der Waals surface area contributed by atoms with Crippen LogP contribution in [0.25, 0.3) is 22.3 Å². The van der Waals surface area contributed by atoms with Gasteiger partial charge in [0.1, 0.15) is 5.52 Å². The molecule has 26 heavy (non-hydrogen) atoms. The molecule has 1 aromatic carbocycles. The predicted octanol–water partition coefficient (Wildman–Crippen LogP) is 4.29. The topological polar surface area (TPSA) is 42.7 Å². The van der Waals surface area contributed by atoms with Gasteiger partial charge >= 0.3 is 0 Å². The first-order chi connectivity index (χ1) is 12.8. The van der Waals surface area contributed by atoms with E-state index in [1.54, 1.807) is 0 Å². The summed E-state index contributed by atoms with van der Waals surface area (Å²) in [6, 6.07) is 15.7. The average Bonchev–Trinajstić information content (AvgIpc) is 2.90. The first-order valence-corrected chi connectivity index (χ1v) is 9.96. The summed E-state index contributed by atoms with van der Waals surface area (Å²) in [5.41, 5.74) is 6.60. The zero-order chi connectivity index (χ0) is 17.1. The van der Waals surface area contributed by atoms with Crippen molar-refractivity contribution in [2.24, 2.45) is 5.41 Å². The minimum Gasteiger partial charge on any atom is -0.340 e. The van der Waals surface area contributed by atoms with Crippen molar-refractivity contribution in [3.8, 4) is 11.3 Å². The van der Waals surface area contributed by atoms with Gasteiger partial charge in [-0.15, -0.1) is 10.2 Å². The lowest BCUT2D eigenvalue weighted by atomic mass is 9.57. The summed E-state index contributed by atoms with van der Waals surface area (Å²) in [5, 5.41) is 12.6. The maximum absolute atomic E-state index is 4.61. The molecule has 1 aliphatic heterocycles. The molecule has 3 fully saturated rings. The predicted molar refractivity (Wildman–Crippen MR) is 103 cm³/mol. The van der Waals surface area contributed by atoms with Crippen LogP contribution in [0.3, 0.4) is 0 Å². The van der Waals surface area contributed by atoms with Gasteiger partial charge in [-0.2, -0.15) is 0 Å². The minimum atomic E-state index is 0.604. The fourth-order valence-electron chi connectivity index (χ4n) is 5.11. The highest BCUT2D eigenvalue weighted by Crippen LogP contribution is 2.54. The number of nitrogens with one attached hydrogen (secondary N) is 1. The molecule has 0 radical (unpaired) electrons. The summed E-state index contributed by atoms with van der Waals surface area (Å²) in [6.07, 6.45) is 6.63. The molecule has 3 aliphatic rings. The Morgan fingerprint density at radius 2 is 1.81 bits per heavy atom. The molecule has 0 unspecified atom stereocenters. The number of rotatable bonds is 3. The van der Waals surface area contributed by atoms with Crippen molar-refractivity contribution >= 4 is 11.0 Å². The first-order valence-electron chi connectivity index (χ1n) is 9.96. The van der Waals surface area contributed by atoms with Crippen molar-refractivity contribution in [2.45, 2.75) is 44.1 Å². The Bertz CT molecular complexity index is 958. The molecular formula is C22H24N4. The maximum atomic E-state index is 4.61. The van der Waals surface area contributed by atoms with E-state index in [9.17, 15) is 0 Å². The normalized spacial score (nSPS) is 22.2. The van der Waals surface area contributed by atoms with E-state index in [1.165, 1.54) is 56.4 Å². The molecule has 0 amide bonds. The standard InChI is InChI=1S/C22H24N4/c1-2-5-15(6-3-1)18-9-21-19(25-24-18)10-20(26(21)17-7-4-8-17)16-11-22(12-16)13-23-14-22/h1-3,5-6,9-10,16-17,23H,4,7-8,11-14H2. The van der Waals surface area contributed by atoms with Crippen LogP contribution in [-0.2, 0) is 0 Å². The molecule has 6 rings (SSSR count). The summed E-state index contributed by atoms with van der Waals surface area (Å²) >= 11 is 0. The van der Waals surface area contributed by atoms with Crippen molar-refractivity contribution < 1.29 is 0 Å². The van der Waals surface area contributed by atoms with E-state index in [0.29, 0.717) is 17.4 Å².